The highest BCUT2D eigenvalue weighted by molar-refractivity contribution is 5.74. The van der Waals surface area contributed by atoms with Gasteiger partial charge in [-0.05, 0) is 82.4 Å². The van der Waals surface area contributed by atoms with E-state index in [4.69, 9.17) is 15.0 Å². The first-order chi connectivity index (χ1) is 20.2. The summed E-state index contributed by atoms with van der Waals surface area (Å²) in [6.45, 7) is 0. The quantitative estimate of drug-likeness (QED) is 0.221. The van der Waals surface area contributed by atoms with E-state index < -0.39 is 0 Å². The molecule has 0 unspecified atom stereocenters. The van der Waals surface area contributed by atoms with Crippen molar-refractivity contribution in [2.75, 3.05) is 0 Å². The van der Waals surface area contributed by atoms with Crippen LogP contribution in [0.2, 0.25) is 0 Å². The second-order valence-electron chi connectivity index (χ2n) is 9.60. The molecule has 0 fully saturated rings. The van der Waals surface area contributed by atoms with E-state index in [1.165, 1.54) is 0 Å². The largest absolute Gasteiger partial charge is 0.213 e. The minimum atomic E-state index is 0.496. The van der Waals surface area contributed by atoms with Crippen LogP contribution >= 0.6 is 0 Å². The van der Waals surface area contributed by atoms with Gasteiger partial charge < -0.3 is 0 Å². The van der Waals surface area contributed by atoms with Gasteiger partial charge in [0.25, 0.3) is 0 Å². The Labute approximate surface area is 238 Å². The van der Waals surface area contributed by atoms with Gasteiger partial charge in [-0.2, -0.15) is 10.5 Å². The normalized spacial score (nSPS) is 10.5. The number of nitrogens with zero attached hydrogens (tertiary/aromatic N) is 5. The number of nitriles is 2. The molecule has 5 heteroatoms. The van der Waals surface area contributed by atoms with Gasteiger partial charge in [0, 0.05) is 17.5 Å². The van der Waals surface area contributed by atoms with Gasteiger partial charge in [0.05, 0.1) is 23.3 Å². The van der Waals surface area contributed by atoms with Crippen LogP contribution in [0.3, 0.4) is 0 Å². The van der Waals surface area contributed by atoms with Crippen LogP contribution in [0, 0.1) is 22.7 Å². The highest BCUT2D eigenvalue weighted by atomic mass is 15.0. The zero-order valence-corrected chi connectivity index (χ0v) is 22.1. The molecule has 0 saturated heterocycles. The first-order valence-corrected chi connectivity index (χ1v) is 13.2. The molecule has 0 aliphatic rings. The molecular formula is C36H23N5. The van der Waals surface area contributed by atoms with Crippen LogP contribution < -0.4 is 0 Å². The van der Waals surface area contributed by atoms with Crippen molar-refractivity contribution in [2.24, 2.45) is 0 Å². The Kier molecular flexibility index (Phi) is 7.09. The van der Waals surface area contributed by atoms with Crippen molar-refractivity contribution in [1.82, 2.24) is 15.0 Å². The average Bonchev–Trinajstić information content (AvgIpc) is 3.05. The lowest BCUT2D eigenvalue weighted by molar-refractivity contribution is 0.933. The van der Waals surface area contributed by atoms with Gasteiger partial charge >= 0.3 is 0 Å². The summed E-state index contributed by atoms with van der Waals surface area (Å²) in [6, 6.07) is 46.0. The second kappa shape index (κ2) is 11.5. The molecule has 5 aromatic carbocycles. The molecule has 0 radical (unpaired) electrons. The van der Waals surface area contributed by atoms with Crippen LogP contribution in [0.25, 0.3) is 45.0 Å². The Morgan fingerprint density at radius 1 is 0.439 bits per heavy atom. The summed E-state index contributed by atoms with van der Waals surface area (Å²) < 4.78 is 0. The van der Waals surface area contributed by atoms with E-state index in [1.54, 1.807) is 24.3 Å². The first kappa shape index (κ1) is 25.4. The average molecular weight is 526 g/mol. The summed E-state index contributed by atoms with van der Waals surface area (Å²) in [7, 11) is 0. The van der Waals surface area contributed by atoms with Gasteiger partial charge in [-0.15, -0.1) is 0 Å². The topological polar surface area (TPSA) is 86.2 Å². The highest BCUT2D eigenvalue weighted by Gasteiger charge is 2.13. The maximum absolute atomic E-state index is 9.24. The van der Waals surface area contributed by atoms with Crippen LogP contribution in [0.1, 0.15) is 22.5 Å². The predicted molar refractivity (Wildman–Crippen MR) is 160 cm³/mol. The summed E-state index contributed by atoms with van der Waals surface area (Å²) in [6.07, 6.45) is 0.496. The Morgan fingerprint density at radius 2 is 0.878 bits per heavy atom. The third kappa shape index (κ3) is 5.76. The maximum Gasteiger partial charge on any atom is 0.163 e. The fraction of sp³-hybridized carbons (Fsp3) is 0.0278. The molecule has 0 saturated carbocycles. The molecule has 0 spiro atoms. The van der Waals surface area contributed by atoms with Gasteiger partial charge in [0.2, 0.25) is 0 Å². The molecule has 6 aromatic rings. The van der Waals surface area contributed by atoms with Crippen LogP contribution in [0.15, 0.2) is 127 Å². The van der Waals surface area contributed by atoms with Crippen LogP contribution in [-0.4, -0.2) is 15.0 Å². The fourth-order valence-corrected chi connectivity index (χ4v) is 4.72. The van der Waals surface area contributed by atoms with Crippen molar-refractivity contribution in [3.63, 3.8) is 0 Å². The number of rotatable bonds is 6. The Morgan fingerprint density at radius 3 is 1.29 bits per heavy atom. The van der Waals surface area contributed by atoms with E-state index in [-0.39, 0.29) is 0 Å². The molecule has 0 aliphatic heterocycles. The zero-order chi connectivity index (χ0) is 28.0. The van der Waals surface area contributed by atoms with E-state index in [0.29, 0.717) is 35.0 Å². The molecular weight excluding hydrogens is 502 g/mol. The van der Waals surface area contributed by atoms with Crippen LogP contribution in [-0.2, 0) is 6.42 Å². The molecule has 5 nitrogen and oxygen atoms in total. The summed E-state index contributed by atoms with van der Waals surface area (Å²) in [5.41, 5.74) is 8.33. The SMILES string of the molecule is N#Cc1ccc(-c2nc(Cc3cc(-c4ccccc4)cc(-c4ccccc4)c3)nc(-c3ccc(C#N)cc3)n2)cc1. The van der Waals surface area contributed by atoms with Crippen molar-refractivity contribution in [3.8, 4) is 57.2 Å². The van der Waals surface area contributed by atoms with Gasteiger partial charge in [-0.1, -0.05) is 72.8 Å². The number of aromatic nitrogens is 3. The van der Waals surface area contributed by atoms with Crippen molar-refractivity contribution >= 4 is 0 Å². The standard InChI is InChI=1S/C36H23N5/c37-23-25-11-15-30(16-12-25)35-39-34(40-36(41-35)31-17-13-26(24-38)14-18-31)21-27-19-32(28-7-3-1-4-8-28)22-33(20-27)29-9-5-2-6-10-29/h1-20,22H,21H2. The zero-order valence-electron chi connectivity index (χ0n) is 22.1. The lowest BCUT2D eigenvalue weighted by Gasteiger charge is -2.12. The lowest BCUT2D eigenvalue weighted by atomic mass is 9.95. The van der Waals surface area contributed by atoms with Crippen molar-refractivity contribution in [3.05, 3.63) is 150 Å². The van der Waals surface area contributed by atoms with E-state index in [0.717, 1.165) is 38.9 Å². The molecule has 192 valence electrons. The van der Waals surface area contributed by atoms with Gasteiger partial charge in [-0.3, -0.25) is 0 Å². The second-order valence-corrected chi connectivity index (χ2v) is 9.60. The van der Waals surface area contributed by atoms with Gasteiger partial charge in [0.1, 0.15) is 5.82 Å². The maximum atomic E-state index is 9.24. The molecule has 0 aliphatic carbocycles. The van der Waals surface area contributed by atoms with Gasteiger partial charge in [-0.25, -0.2) is 15.0 Å². The fourth-order valence-electron chi connectivity index (χ4n) is 4.72. The molecule has 6 rings (SSSR count). The summed E-state index contributed by atoms with van der Waals surface area (Å²) in [4.78, 5) is 14.5. The number of hydrogen-bond acceptors (Lipinski definition) is 5. The van der Waals surface area contributed by atoms with Crippen molar-refractivity contribution in [2.45, 2.75) is 6.42 Å². The van der Waals surface area contributed by atoms with Crippen molar-refractivity contribution < 1.29 is 0 Å². The molecule has 1 heterocycles. The van der Waals surface area contributed by atoms with E-state index in [1.807, 2.05) is 60.7 Å². The van der Waals surface area contributed by atoms with E-state index in [9.17, 15) is 10.5 Å². The molecule has 0 bridgehead atoms. The van der Waals surface area contributed by atoms with Crippen LogP contribution in [0.4, 0.5) is 0 Å². The minimum absolute atomic E-state index is 0.496. The molecule has 0 N–H and O–H groups in total. The minimum Gasteiger partial charge on any atom is -0.213 e. The summed E-state index contributed by atoms with van der Waals surface area (Å²) >= 11 is 0. The Bertz CT molecular complexity index is 1770. The monoisotopic (exact) mass is 525 g/mol. The van der Waals surface area contributed by atoms with Gasteiger partial charge in [0.15, 0.2) is 11.6 Å². The molecule has 1 aromatic heterocycles. The number of benzene rings is 5. The van der Waals surface area contributed by atoms with E-state index in [2.05, 4.69) is 54.6 Å². The molecule has 0 atom stereocenters. The molecule has 0 amide bonds. The third-order valence-electron chi connectivity index (χ3n) is 6.80. The van der Waals surface area contributed by atoms with E-state index >= 15 is 0 Å². The van der Waals surface area contributed by atoms with Crippen molar-refractivity contribution in [1.29, 1.82) is 10.5 Å². The summed E-state index contributed by atoms with van der Waals surface area (Å²) in [5, 5.41) is 18.5. The Hall–Kier alpha value is -5.91. The highest BCUT2D eigenvalue weighted by Crippen LogP contribution is 2.30. The summed E-state index contributed by atoms with van der Waals surface area (Å²) in [5.74, 6) is 1.69. The smallest absolute Gasteiger partial charge is 0.163 e. The Balaban J connectivity index is 1.46. The molecule has 41 heavy (non-hydrogen) atoms. The lowest BCUT2D eigenvalue weighted by Crippen LogP contribution is -2.04. The number of hydrogen-bond donors (Lipinski definition) is 0. The third-order valence-corrected chi connectivity index (χ3v) is 6.80. The first-order valence-electron chi connectivity index (χ1n) is 13.2. The predicted octanol–water partition coefficient (Wildman–Crippen LogP) is 7.87. The van der Waals surface area contributed by atoms with Crippen LogP contribution in [0.5, 0.6) is 0 Å².